The fraction of sp³-hybridized carbons (Fsp3) is 0.0667. The average molecular weight is 344 g/mol. The smallest absolute Gasteiger partial charge is 0.264 e. The molecular weight excluding hydrogens is 334 g/mol. The maximum atomic E-state index is 12.6. The number of benzene rings is 2. The van der Waals surface area contributed by atoms with Crippen molar-refractivity contribution in [3.63, 3.8) is 0 Å². The van der Waals surface area contributed by atoms with E-state index < -0.39 is 5.54 Å². The minimum atomic E-state index is -1.18. The molecule has 104 valence electrons. The SMILES string of the molecule is NC1=NC2(C(=O)N1)c1ccccc1Oc1ccc(Br)cc12. The third-order valence-corrected chi connectivity index (χ3v) is 4.18. The third-order valence-electron chi connectivity index (χ3n) is 3.69. The van der Waals surface area contributed by atoms with Gasteiger partial charge in [-0.2, -0.15) is 0 Å². The van der Waals surface area contributed by atoms with E-state index in [9.17, 15) is 4.79 Å². The normalized spacial score (nSPS) is 22.1. The van der Waals surface area contributed by atoms with Gasteiger partial charge in [0.1, 0.15) is 11.5 Å². The van der Waals surface area contributed by atoms with E-state index in [1.807, 2.05) is 42.5 Å². The molecule has 2 heterocycles. The van der Waals surface area contributed by atoms with Gasteiger partial charge in [-0.05, 0) is 24.3 Å². The first-order chi connectivity index (χ1) is 10.1. The number of fused-ring (bicyclic) bond motifs is 4. The second-order valence-electron chi connectivity index (χ2n) is 4.90. The molecule has 1 spiro atoms. The van der Waals surface area contributed by atoms with E-state index in [1.54, 1.807) is 0 Å². The van der Waals surface area contributed by atoms with E-state index in [2.05, 4.69) is 26.2 Å². The Morgan fingerprint density at radius 1 is 1.14 bits per heavy atom. The maximum Gasteiger partial charge on any atom is 0.264 e. The number of hydrogen-bond donors (Lipinski definition) is 2. The van der Waals surface area contributed by atoms with Crippen LogP contribution >= 0.6 is 15.9 Å². The van der Waals surface area contributed by atoms with E-state index in [0.717, 1.165) is 4.47 Å². The van der Waals surface area contributed by atoms with Gasteiger partial charge in [-0.3, -0.25) is 10.1 Å². The minimum Gasteiger partial charge on any atom is -0.457 e. The van der Waals surface area contributed by atoms with Crippen LogP contribution in [-0.2, 0) is 10.3 Å². The monoisotopic (exact) mass is 343 g/mol. The lowest BCUT2D eigenvalue weighted by molar-refractivity contribution is -0.122. The van der Waals surface area contributed by atoms with Crippen LogP contribution in [0.15, 0.2) is 51.9 Å². The topological polar surface area (TPSA) is 76.7 Å². The van der Waals surface area contributed by atoms with Gasteiger partial charge >= 0.3 is 0 Å². The van der Waals surface area contributed by atoms with Gasteiger partial charge in [0.2, 0.25) is 5.54 Å². The quantitative estimate of drug-likeness (QED) is 0.770. The Balaban J connectivity index is 2.11. The number of ether oxygens (including phenoxy) is 1. The second-order valence-corrected chi connectivity index (χ2v) is 5.82. The van der Waals surface area contributed by atoms with Crippen molar-refractivity contribution in [3.05, 3.63) is 58.1 Å². The first kappa shape index (κ1) is 12.4. The Labute approximate surface area is 128 Å². The molecule has 2 aromatic rings. The summed E-state index contributed by atoms with van der Waals surface area (Å²) < 4.78 is 6.74. The Hall–Kier alpha value is -2.34. The summed E-state index contributed by atoms with van der Waals surface area (Å²) in [6, 6.07) is 12.9. The van der Waals surface area contributed by atoms with Crippen LogP contribution in [0.1, 0.15) is 11.1 Å². The number of hydrogen-bond acceptors (Lipinski definition) is 4. The van der Waals surface area contributed by atoms with Crippen LogP contribution < -0.4 is 15.8 Å². The van der Waals surface area contributed by atoms with Gasteiger partial charge in [0.25, 0.3) is 5.91 Å². The predicted octanol–water partition coefficient (Wildman–Crippen LogP) is 2.24. The van der Waals surface area contributed by atoms with Gasteiger partial charge in [0, 0.05) is 15.6 Å². The molecule has 1 unspecified atom stereocenters. The lowest BCUT2D eigenvalue weighted by Gasteiger charge is -2.32. The number of nitrogens with two attached hydrogens (primary N) is 1. The number of halogens is 1. The summed E-state index contributed by atoms with van der Waals surface area (Å²) in [5, 5.41) is 2.60. The first-order valence-electron chi connectivity index (χ1n) is 6.35. The van der Waals surface area contributed by atoms with Crippen molar-refractivity contribution in [3.8, 4) is 11.5 Å². The number of amides is 1. The van der Waals surface area contributed by atoms with Crippen LogP contribution in [0.25, 0.3) is 0 Å². The summed E-state index contributed by atoms with van der Waals surface area (Å²) in [4.78, 5) is 17.0. The minimum absolute atomic E-state index is 0.114. The highest BCUT2D eigenvalue weighted by atomic mass is 79.9. The Morgan fingerprint density at radius 3 is 2.67 bits per heavy atom. The number of nitrogens with zero attached hydrogens (tertiary/aromatic N) is 1. The molecule has 0 saturated carbocycles. The van der Waals surface area contributed by atoms with Crippen molar-refractivity contribution in [1.82, 2.24) is 5.32 Å². The van der Waals surface area contributed by atoms with Crippen molar-refractivity contribution in [1.29, 1.82) is 0 Å². The Kier molecular flexibility index (Phi) is 2.41. The van der Waals surface area contributed by atoms with E-state index in [-0.39, 0.29) is 11.9 Å². The van der Waals surface area contributed by atoms with E-state index in [1.165, 1.54) is 0 Å². The third kappa shape index (κ3) is 1.56. The molecule has 2 aromatic carbocycles. The average Bonchev–Trinajstić information content (AvgIpc) is 2.76. The van der Waals surface area contributed by atoms with E-state index in [0.29, 0.717) is 22.6 Å². The molecule has 0 aromatic heterocycles. The Morgan fingerprint density at radius 2 is 1.90 bits per heavy atom. The second kappa shape index (κ2) is 4.08. The van der Waals surface area contributed by atoms with Gasteiger partial charge in [-0.1, -0.05) is 34.1 Å². The molecule has 21 heavy (non-hydrogen) atoms. The van der Waals surface area contributed by atoms with Gasteiger partial charge < -0.3 is 10.5 Å². The molecule has 1 amide bonds. The summed E-state index contributed by atoms with van der Waals surface area (Å²) in [7, 11) is 0. The fourth-order valence-electron chi connectivity index (χ4n) is 2.82. The van der Waals surface area contributed by atoms with E-state index >= 15 is 0 Å². The first-order valence-corrected chi connectivity index (χ1v) is 7.15. The van der Waals surface area contributed by atoms with Crippen LogP contribution in [0, 0.1) is 0 Å². The van der Waals surface area contributed by atoms with Gasteiger partial charge in [0.05, 0.1) is 0 Å². The zero-order valence-electron chi connectivity index (χ0n) is 10.8. The van der Waals surface area contributed by atoms with Crippen LogP contribution in [0.5, 0.6) is 11.5 Å². The zero-order valence-corrected chi connectivity index (χ0v) is 12.3. The fourth-order valence-corrected chi connectivity index (χ4v) is 3.18. The zero-order chi connectivity index (χ0) is 14.6. The van der Waals surface area contributed by atoms with Crippen molar-refractivity contribution in [2.75, 3.05) is 0 Å². The van der Waals surface area contributed by atoms with E-state index in [4.69, 9.17) is 10.5 Å². The molecule has 2 aliphatic heterocycles. The number of nitrogens with one attached hydrogen (secondary N) is 1. The highest BCUT2D eigenvalue weighted by Gasteiger charge is 2.52. The van der Waals surface area contributed by atoms with Crippen molar-refractivity contribution >= 4 is 27.8 Å². The summed E-state index contributed by atoms with van der Waals surface area (Å²) in [5.74, 6) is 1.06. The lowest BCUT2D eigenvalue weighted by Crippen LogP contribution is -2.41. The lowest BCUT2D eigenvalue weighted by atomic mass is 9.80. The summed E-state index contributed by atoms with van der Waals surface area (Å²) >= 11 is 3.43. The number of guanidine groups is 1. The molecule has 0 fully saturated rings. The summed E-state index contributed by atoms with van der Waals surface area (Å²) in [6.45, 7) is 0. The predicted molar refractivity (Wildman–Crippen MR) is 81.2 cm³/mol. The van der Waals surface area contributed by atoms with Gasteiger partial charge in [-0.25, -0.2) is 4.99 Å². The summed E-state index contributed by atoms with van der Waals surface area (Å²) in [6.07, 6.45) is 0. The van der Waals surface area contributed by atoms with Gasteiger partial charge in [-0.15, -0.1) is 0 Å². The van der Waals surface area contributed by atoms with Crippen LogP contribution in [0.3, 0.4) is 0 Å². The van der Waals surface area contributed by atoms with Gasteiger partial charge in [0.15, 0.2) is 5.96 Å². The van der Waals surface area contributed by atoms with Crippen molar-refractivity contribution < 1.29 is 9.53 Å². The molecule has 1 atom stereocenters. The molecule has 4 rings (SSSR count). The number of rotatable bonds is 0. The Bertz CT molecular complexity index is 818. The van der Waals surface area contributed by atoms with Crippen LogP contribution in [0.4, 0.5) is 0 Å². The molecule has 0 bridgehead atoms. The maximum absolute atomic E-state index is 12.6. The molecule has 0 radical (unpaired) electrons. The largest absolute Gasteiger partial charge is 0.457 e. The van der Waals surface area contributed by atoms with Crippen molar-refractivity contribution in [2.45, 2.75) is 5.54 Å². The molecule has 0 aliphatic carbocycles. The molecular formula is C15H10BrN3O2. The highest BCUT2D eigenvalue weighted by Crippen LogP contribution is 2.50. The number of carbonyl (C=O) groups is 1. The molecule has 3 N–H and O–H groups in total. The molecule has 5 nitrogen and oxygen atoms in total. The standard InChI is InChI=1S/C15H10BrN3O2/c16-8-5-6-12-10(7-8)15(13(20)18-14(17)19-15)9-3-1-2-4-11(9)21-12/h1-7H,(H3,17,18,19,20). The molecule has 6 heteroatoms. The molecule has 0 saturated heterocycles. The molecule has 2 aliphatic rings. The summed E-state index contributed by atoms with van der Waals surface area (Å²) in [5.41, 5.74) is 5.93. The number of para-hydroxylation sites is 1. The number of aliphatic imine (C=N–C) groups is 1. The number of carbonyl (C=O) groups excluding carboxylic acids is 1. The van der Waals surface area contributed by atoms with Crippen LogP contribution in [-0.4, -0.2) is 11.9 Å². The highest BCUT2D eigenvalue weighted by molar-refractivity contribution is 9.10. The van der Waals surface area contributed by atoms with Crippen LogP contribution in [0.2, 0.25) is 0 Å². The van der Waals surface area contributed by atoms with Crippen molar-refractivity contribution in [2.24, 2.45) is 10.7 Å².